The van der Waals surface area contributed by atoms with E-state index in [9.17, 15) is 12.8 Å². The number of anilines is 1. The normalized spacial score (nSPS) is 11.3. The van der Waals surface area contributed by atoms with Gasteiger partial charge in [-0.15, -0.1) is 0 Å². The van der Waals surface area contributed by atoms with Crippen LogP contribution in [0.25, 0.3) is 0 Å². The van der Waals surface area contributed by atoms with Gasteiger partial charge in [0.25, 0.3) is 10.0 Å². The Morgan fingerprint density at radius 2 is 1.74 bits per heavy atom. The zero-order chi connectivity index (χ0) is 14.0. The van der Waals surface area contributed by atoms with E-state index in [0.29, 0.717) is 3.57 Å². The van der Waals surface area contributed by atoms with Gasteiger partial charge < -0.3 is 0 Å². The highest BCUT2D eigenvalue weighted by atomic mass is 127. The van der Waals surface area contributed by atoms with Crippen LogP contribution >= 0.6 is 22.6 Å². The standard InChI is InChI=1S/C13H11FINO2S/c1-9-2-5-11(6-3-9)19(17,18)16-13-7-4-10(15)8-12(13)14/h2-8,16H,1H3. The highest BCUT2D eigenvalue weighted by Gasteiger charge is 2.15. The molecule has 0 atom stereocenters. The first-order valence-electron chi connectivity index (χ1n) is 5.43. The lowest BCUT2D eigenvalue weighted by Gasteiger charge is -2.09. The maximum atomic E-state index is 13.6. The molecule has 0 saturated heterocycles. The molecule has 2 rings (SSSR count). The fourth-order valence-electron chi connectivity index (χ4n) is 1.49. The minimum atomic E-state index is -3.76. The Hall–Kier alpha value is -1.15. The number of benzene rings is 2. The molecule has 19 heavy (non-hydrogen) atoms. The lowest BCUT2D eigenvalue weighted by molar-refractivity contribution is 0.598. The number of aryl methyl sites for hydroxylation is 1. The van der Waals surface area contributed by atoms with Crippen LogP contribution in [0, 0.1) is 16.3 Å². The van der Waals surface area contributed by atoms with Gasteiger partial charge in [-0.25, -0.2) is 12.8 Å². The second kappa shape index (κ2) is 5.46. The van der Waals surface area contributed by atoms with Crippen LogP contribution in [-0.4, -0.2) is 8.42 Å². The molecule has 100 valence electrons. The van der Waals surface area contributed by atoms with Gasteiger partial charge in [0.2, 0.25) is 0 Å². The third-order valence-electron chi connectivity index (χ3n) is 2.51. The number of hydrogen-bond donors (Lipinski definition) is 1. The Morgan fingerprint density at radius 1 is 1.11 bits per heavy atom. The number of halogens is 2. The van der Waals surface area contributed by atoms with E-state index in [4.69, 9.17) is 0 Å². The van der Waals surface area contributed by atoms with Crippen molar-refractivity contribution in [2.75, 3.05) is 4.72 Å². The molecule has 0 amide bonds. The summed E-state index contributed by atoms with van der Waals surface area (Å²) in [6.45, 7) is 1.86. The molecule has 2 aromatic carbocycles. The molecule has 0 heterocycles. The molecule has 0 aliphatic carbocycles. The molecule has 0 unspecified atom stereocenters. The zero-order valence-electron chi connectivity index (χ0n) is 10.0. The summed E-state index contributed by atoms with van der Waals surface area (Å²) >= 11 is 1.96. The first-order chi connectivity index (χ1) is 8.88. The van der Waals surface area contributed by atoms with Crippen LogP contribution in [0.3, 0.4) is 0 Å². The summed E-state index contributed by atoms with van der Waals surface area (Å²) in [6.07, 6.45) is 0. The summed E-state index contributed by atoms with van der Waals surface area (Å²) < 4.78 is 40.7. The topological polar surface area (TPSA) is 46.2 Å². The summed E-state index contributed by atoms with van der Waals surface area (Å²) in [5, 5.41) is 0. The monoisotopic (exact) mass is 391 g/mol. The van der Waals surface area contributed by atoms with Crippen molar-refractivity contribution in [1.29, 1.82) is 0 Å². The average Bonchev–Trinajstić information content (AvgIpc) is 2.33. The van der Waals surface area contributed by atoms with Gasteiger partial charge in [0.15, 0.2) is 0 Å². The second-order valence-corrected chi connectivity index (χ2v) is 6.97. The largest absolute Gasteiger partial charge is 0.277 e. The molecule has 0 saturated carbocycles. The van der Waals surface area contributed by atoms with Crippen LogP contribution in [0.15, 0.2) is 47.4 Å². The van der Waals surface area contributed by atoms with E-state index >= 15 is 0 Å². The molecule has 1 N–H and O–H groups in total. The summed E-state index contributed by atoms with van der Waals surface area (Å²) in [4.78, 5) is 0.107. The van der Waals surface area contributed by atoms with Crippen LogP contribution in [0.1, 0.15) is 5.56 Å². The first kappa shape index (κ1) is 14.3. The lowest BCUT2D eigenvalue weighted by Crippen LogP contribution is -2.14. The van der Waals surface area contributed by atoms with E-state index in [0.717, 1.165) is 5.56 Å². The molecule has 3 nitrogen and oxygen atoms in total. The van der Waals surface area contributed by atoms with Crippen molar-refractivity contribution >= 4 is 38.3 Å². The molecule has 6 heteroatoms. The maximum Gasteiger partial charge on any atom is 0.261 e. The van der Waals surface area contributed by atoms with Gasteiger partial charge in [-0.05, 0) is 59.8 Å². The van der Waals surface area contributed by atoms with E-state index < -0.39 is 15.8 Å². The van der Waals surface area contributed by atoms with E-state index in [-0.39, 0.29) is 10.6 Å². The van der Waals surface area contributed by atoms with Crippen molar-refractivity contribution in [3.63, 3.8) is 0 Å². The SMILES string of the molecule is Cc1ccc(S(=O)(=O)Nc2ccc(I)cc2F)cc1. The van der Waals surface area contributed by atoms with Crippen LogP contribution in [0.2, 0.25) is 0 Å². The van der Waals surface area contributed by atoms with Crippen molar-refractivity contribution in [2.24, 2.45) is 0 Å². The third kappa shape index (κ3) is 3.44. The zero-order valence-corrected chi connectivity index (χ0v) is 13.0. The van der Waals surface area contributed by atoms with Crippen LogP contribution in [-0.2, 0) is 10.0 Å². The number of rotatable bonds is 3. The Labute approximate surface area is 125 Å². The minimum absolute atomic E-state index is 0.0546. The number of nitrogens with one attached hydrogen (secondary N) is 1. The van der Waals surface area contributed by atoms with Crippen molar-refractivity contribution < 1.29 is 12.8 Å². The average molecular weight is 391 g/mol. The molecule has 0 aliphatic rings. The summed E-state index contributed by atoms with van der Waals surface area (Å²) in [7, 11) is -3.76. The second-order valence-electron chi connectivity index (χ2n) is 4.04. The summed E-state index contributed by atoms with van der Waals surface area (Å²) in [6, 6.07) is 10.7. The predicted octanol–water partition coefficient (Wildman–Crippen LogP) is 3.54. The third-order valence-corrected chi connectivity index (χ3v) is 4.56. The van der Waals surface area contributed by atoms with Crippen LogP contribution < -0.4 is 4.72 Å². The van der Waals surface area contributed by atoms with Crippen LogP contribution in [0.5, 0.6) is 0 Å². The van der Waals surface area contributed by atoms with Gasteiger partial charge in [0.1, 0.15) is 5.82 Å². The molecule has 2 aromatic rings. The maximum absolute atomic E-state index is 13.6. The van der Waals surface area contributed by atoms with Crippen LogP contribution in [0.4, 0.5) is 10.1 Å². The van der Waals surface area contributed by atoms with Gasteiger partial charge in [-0.2, -0.15) is 0 Å². The Bertz CT molecular complexity index is 699. The quantitative estimate of drug-likeness (QED) is 0.814. The molecular formula is C13H11FINO2S. The molecule has 0 bridgehead atoms. The van der Waals surface area contributed by atoms with Crippen molar-refractivity contribution in [1.82, 2.24) is 0 Å². The summed E-state index contributed by atoms with van der Waals surface area (Å²) in [5.41, 5.74) is 0.903. The Kier molecular flexibility index (Phi) is 4.10. The Morgan fingerprint density at radius 3 is 2.32 bits per heavy atom. The highest BCUT2D eigenvalue weighted by Crippen LogP contribution is 2.21. The molecule has 0 radical (unpaired) electrons. The minimum Gasteiger partial charge on any atom is -0.277 e. The van der Waals surface area contributed by atoms with Crippen molar-refractivity contribution in [2.45, 2.75) is 11.8 Å². The predicted molar refractivity (Wildman–Crippen MR) is 81.1 cm³/mol. The van der Waals surface area contributed by atoms with Crippen molar-refractivity contribution in [3.05, 3.63) is 57.4 Å². The fourth-order valence-corrected chi connectivity index (χ4v) is 3.01. The molecule has 0 aliphatic heterocycles. The smallest absolute Gasteiger partial charge is 0.261 e. The molecule has 0 fully saturated rings. The first-order valence-corrected chi connectivity index (χ1v) is 7.99. The highest BCUT2D eigenvalue weighted by molar-refractivity contribution is 14.1. The molecule has 0 spiro atoms. The van der Waals surface area contributed by atoms with Gasteiger partial charge in [0, 0.05) is 3.57 Å². The fraction of sp³-hybridized carbons (Fsp3) is 0.0769. The van der Waals surface area contributed by atoms with Gasteiger partial charge in [0.05, 0.1) is 10.6 Å². The molecule has 0 aromatic heterocycles. The number of sulfonamides is 1. The van der Waals surface area contributed by atoms with Gasteiger partial charge >= 0.3 is 0 Å². The number of hydrogen-bond acceptors (Lipinski definition) is 2. The summed E-state index contributed by atoms with van der Waals surface area (Å²) in [5.74, 6) is -0.595. The van der Waals surface area contributed by atoms with Crippen molar-refractivity contribution in [3.8, 4) is 0 Å². The Balaban J connectivity index is 2.33. The van der Waals surface area contributed by atoms with Gasteiger partial charge in [-0.3, -0.25) is 4.72 Å². The van der Waals surface area contributed by atoms with E-state index in [1.807, 2.05) is 29.5 Å². The van der Waals surface area contributed by atoms with Gasteiger partial charge in [-0.1, -0.05) is 17.7 Å². The molecular weight excluding hydrogens is 380 g/mol. The van der Waals surface area contributed by atoms with E-state index in [1.54, 1.807) is 18.2 Å². The van der Waals surface area contributed by atoms with E-state index in [1.165, 1.54) is 24.3 Å². The lowest BCUT2D eigenvalue weighted by atomic mass is 10.2. The van der Waals surface area contributed by atoms with E-state index in [2.05, 4.69) is 4.72 Å².